The van der Waals surface area contributed by atoms with Crippen LogP contribution >= 0.6 is 0 Å². The Balaban J connectivity index is 1.72. The molecule has 4 rings (SSSR count). The largest absolute Gasteiger partial charge is 0.390 e. The molecule has 0 amide bonds. The molecular formula is C20H31NO3. The molecule has 0 bridgehead atoms. The highest BCUT2D eigenvalue weighted by Crippen LogP contribution is 2.63. The van der Waals surface area contributed by atoms with Crippen LogP contribution in [-0.2, 0) is 0 Å². The Hall–Kier alpha value is -0.680. The maximum absolute atomic E-state index is 10.7. The molecule has 24 heavy (non-hydrogen) atoms. The minimum Gasteiger partial charge on any atom is -0.390 e. The third-order valence-corrected chi connectivity index (χ3v) is 8.08. The highest BCUT2D eigenvalue weighted by atomic mass is 16.3. The van der Waals surface area contributed by atoms with Gasteiger partial charge in [0.05, 0.1) is 12.2 Å². The van der Waals surface area contributed by atoms with Crippen LogP contribution in [0.2, 0.25) is 0 Å². The van der Waals surface area contributed by atoms with Crippen molar-refractivity contribution in [1.82, 2.24) is 5.32 Å². The summed E-state index contributed by atoms with van der Waals surface area (Å²) in [5, 5.41) is 34.5. The molecule has 0 radical (unpaired) electrons. The van der Waals surface area contributed by atoms with Crippen molar-refractivity contribution < 1.29 is 15.3 Å². The molecule has 0 aromatic rings. The number of allylic oxidation sites excluding steroid dienone is 3. The van der Waals surface area contributed by atoms with Crippen molar-refractivity contribution in [2.75, 3.05) is 7.05 Å². The van der Waals surface area contributed by atoms with Crippen molar-refractivity contribution in [3.63, 3.8) is 0 Å². The molecule has 0 unspecified atom stereocenters. The summed E-state index contributed by atoms with van der Waals surface area (Å²) in [5.41, 5.74) is 1.92. The van der Waals surface area contributed by atoms with E-state index in [1.807, 2.05) is 7.05 Å². The van der Waals surface area contributed by atoms with Crippen LogP contribution in [0.1, 0.15) is 52.4 Å². The van der Waals surface area contributed by atoms with E-state index in [4.69, 9.17) is 0 Å². The fourth-order valence-corrected chi connectivity index (χ4v) is 6.20. The van der Waals surface area contributed by atoms with Crippen LogP contribution in [0.25, 0.3) is 0 Å². The van der Waals surface area contributed by atoms with Crippen LogP contribution in [0.15, 0.2) is 23.3 Å². The highest BCUT2D eigenvalue weighted by Gasteiger charge is 2.59. The van der Waals surface area contributed by atoms with Crippen molar-refractivity contribution in [1.29, 1.82) is 0 Å². The topological polar surface area (TPSA) is 72.7 Å². The predicted octanol–water partition coefficient (Wildman–Crippen LogP) is 2.11. The molecule has 4 aliphatic rings. The smallest absolute Gasteiger partial charge is 0.119 e. The molecule has 4 nitrogen and oxygen atoms in total. The summed E-state index contributed by atoms with van der Waals surface area (Å²) in [4.78, 5) is 0. The summed E-state index contributed by atoms with van der Waals surface area (Å²) in [6.45, 7) is 4.51. The molecule has 4 heteroatoms. The minimum atomic E-state index is -0.778. The van der Waals surface area contributed by atoms with Gasteiger partial charge in [-0.15, -0.1) is 0 Å². The number of hydrogen-bond acceptors (Lipinski definition) is 4. The number of aliphatic hydroxyl groups is 3. The lowest BCUT2D eigenvalue weighted by atomic mass is 9.50. The quantitative estimate of drug-likeness (QED) is 0.555. The minimum absolute atomic E-state index is 0.104. The Labute approximate surface area is 144 Å². The number of aliphatic hydroxyl groups excluding tert-OH is 2. The van der Waals surface area contributed by atoms with Crippen LogP contribution in [0, 0.1) is 22.7 Å². The molecule has 3 saturated carbocycles. The van der Waals surface area contributed by atoms with Gasteiger partial charge in [-0.2, -0.15) is 0 Å². The van der Waals surface area contributed by atoms with Crippen LogP contribution in [0.3, 0.4) is 0 Å². The normalized spacial score (nSPS) is 53.6. The summed E-state index contributed by atoms with van der Waals surface area (Å²) < 4.78 is 0. The van der Waals surface area contributed by atoms with Crippen LogP contribution in [-0.4, -0.2) is 40.3 Å². The SMILES string of the molecule is CN[C@]1(O)CC[C@@]2(C)C(=CC=C3[C@@H]4C[C@@H](O)[C@H](O)[C@@]4(C)CC[C@@H]32)C1. The summed E-state index contributed by atoms with van der Waals surface area (Å²) >= 11 is 0. The first-order valence-corrected chi connectivity index (χ1v) is 9.42. The number of fused-ring (bicyclic) bond motifs is 5. The Bertz CT molecular complexity index is 614. The summed E-state index contributed by atoms with van der Waals surface area (Å²) in [7, 11) is 1.83. The fraction of sp³-hybridized carbons (Fsp3) is 0.800. The molecule has 4 aliphatic carbocycles. The lowest BCUT2D eigenvalue weighted by Gasteiger charge is -2.55. The lowest BCUT2D eigenvalue weighted by molar-refractivity contribution is -0.0522. The van der Waals surface area contributed by atoms with Crippen molar-refractivity contribution >= 4 is 0 Å². The van der Waals surface area contributed by atoms with E-state index in [1.54, 1.807) is 0 Å². The Kier molecular flexibility index (Phi) is 3.61. The number of nitrogens with one attached hydrogen (secondary N) is 1. The van der Waals surface area contributed by atoms with E-state index < -0.39 is 17.9 Å². The maximum atomic E-state index is 10.7. The lowest BCUT2D eigenvalue weighted by Crippen LogP contribution is -2.53. The first kappa shape index (κ1) is 16.8. The first-order chi connectivity index (χ1) is 11.2. The maximum Gasteiger partial charge on any atom is 0.119 e. The fourth-order valence-electron chi connectivity index (χ4n) is 6.20. The van der Waals surface area contributed by atoms with E-state index in [0.717, 1.165) is 25.7 Å². The second-order valence-corrected chi connectivity index (χ2v) is 9.13. The number of hydrogen-bond donors (Lipinski definition) is 4. The van der Waals surface area contributed by atoms with Gasteiger partial charge in [-0.1, -0.05) is 37.1 Å². The predicted molar refractivity (Wildman–Crippen MR) is 93.1 cm³/mol. The average Bonchev–Trinajstić information content (AvgIpc) is 2.79. The Morgan fingerprint density at radius 3 is 2.54 bits per heavy atom. The second kappa shape index (κ2) is 5.16. The van der Waals surface area contributed by atoms with Gasteiger partial charge >= 0.3 is 0 Å². The Morgan fingerprint density at radius 2 is 1.83 bits per heavy atom. The summed E-state index contributed by atoms with van der Waals surface area (Å²) in [6, 6.07) is 0. The van der Waals surface area contributed by atoms with Gasteiger partial charge in [0, 0.05) is 11.8 Å². The van der Waals surface area contributed by atoms with Crippen molar-refractivity contribution in [3.8, 4) is 0 Å². The van der Waals surface area contributed by atoms with E-state index in [2.05, 4.69) is 31.3 Å². The van der Waals surface area contributed by atoms with Gasteiger partial charge in [-0.25, -0.2) is 0 Å². The van der Waals surface area contributed by atoms with Gasteiger partial charge in [0.1, 0.15) is 5.72 Å². The van der Waals surface area contributed by atoms with Crippen molar-refractivity contribution in [2.45, 2.75) is 70.3 Å². The average molecular weight is 333 g/mol. The van der Waals surface area contributed by atoms with E-state index in [0.29, 0.717) is 18.8 Å². The molecule has 0 aromatic heterocycles. The molecule has 0 saturated heterocycles. The van der Waals surface area contributed by atoms with Crippen LogP contribution in [0.5, 0.6) is 0 Å². The zero-order valence-corrected chi connectivity index (χ0v) is 15.0. The van der Waals surface area contributed by atoms with Gasteiger partial charge in [-0.05, 0) is 56.4 Å². The molecule has 134 valence electrons. The molecule has 7 atom stereocenters. The van der Waals surface area contributed by atoms with E-state index in [1.165, 1.54) is 11.1 Å². The van der Waals surface area contributed by atoms with Crippen LogP contribution in [0.4, 0.5) is 0 Å². The summed E-state index contributed by atoms with van der Waals surface area (Å²) in [5.74, 6) is 0.760. The van der Waals surface area contributed by atoms with Crippen LogP contribution < -0.4 is 5.32 Å². The third-order valence-electron chi connectivity index (χ3n) is 8.08. The van der Waals surface area contributed by atoms with Crippen molar-refractivity contribution in [3.05, 3.63) is 23.3 Å². The third kappa shape index (κ3) is 2.06. The molecule has 0 aliphatic heterocycles. The molecular weight excluding hydrogens is 302 g/mol. The monoisotopic (exact) mass is 333 g/mol. The Morgan fingerprint density at radius 1 is 1.08 bits per heavy atom. The van der Waals surface area contributed by atoms with Gasteiger partial charge in [0.25, 0.3) is 0 Å². The first-order valence-electron chi connectivity index (χ1n) is 9.42. The van der Waals surface area contributed by atoms with Gasteiger partial charge < -0.3 is 15.3 Å². The van der Waals surface area contributed by atoms with E-state index in [-0.39, 0.29) is 16.7 Å². The molecule has 3 fully saturated rings. The van der Waals surface area contributed by atoms with E-state index >= 15 is 0 Å². The van der Waals surface area contributed by atoms with Gasteiger partial charge in [0.15, 0.2) is 0 Å². The standard InChI is InChI=1S/C20H31NO3/c1-18-8-9-20(24,21-3)11-12(18)4-5-13-14(18)6-7-19(2)15(13)10-16(22)17(19)23/h4-5,14-17,21-24H,6-11H2,1-3H3/t14-,15-,16+,17-,18-,19-,20-/m0/s1. The summed E-state index contributed by atoms with van der Waals surface area (Å²) in [6.07, 6.45) is 8.41. The van der Waals surface area contributed by atoms with Gasteiger partial charge in [-0.3, -0.25) is 5.32 Å². The molecule has 0 spiro atoms. The second-order valence-electron chi connectivity index (χ2n) is 9.13. The molecule has 0 aromatic carbocycles. The molecule has 0 heterocycles. The zero-order chi connectivity index (χ0) is 17.3. The van der Waals surface area contributed by atoms with Gasteiger partial charge in [0.2, 0.25) is 0 Å². The molecule has 4 N–H and O–H groups in total. The van der Waals surface area contributed by atoms with Crippen molar-refractivity contribution in [2.24, 2.45) is 22.7 Å². The zero-order valence-electron chi connectivity index (χ0n) is 15.0. The highest BCUT2D eigenvalue weighted by molar-refractivity contribution is 5.39. The van der Waals surface area contributed by atoms with E-state index in [9.17, 15) is 15.3 Å². The number of rotatable bonds is 1.